The summed E-state index contributed by atoms with van der Waals surface area (Å²) in [7, 11) is 0. The number of alkyl halides is 3. The van der Waals surface area contributed by atoms with E-state index in [1.807, 2.05) is 30.9 Å². The van der Waals surface area contributed by atoms with Gasteiger partial charge in [0.2, 0.25) is 0 Å². The summed E-state index contributed by atoms with van der Waals surface area (Å²) in [6.07, 6.45) is -1.21. The predicted octanol–water partition coefficient (Wildman–Crippen LogP) is 6.27. The van der Waals surface area contributed by atoms with Crippen LogP contribution in [0.3, 0.4) is 0 Å². The number of halogens is 4. The quantitative estimate of drug-likeness (QED) is 0.303. The first kappa shape index (κ1) is 26.6. The molecule has 3 atom stereocenters. The molecule has 4 aromatic rings. The Morgan fingerprint density at radius 3 is 2.56 bits per heavy atom. The molecular formula is C27H25ClF3N5OS2. The lowest BCUT2D eigenvalue weighted by Crippen LogP contribution is -2.55. The highest BCUT2D eigenvalue weighted by atomic mass is 35.5. The lowest BCUT2D eigenvalue weighted by molar-refractivity contribution is -0.137. The van der Waals surface area contributed by atoms with E-state index in [9.17, 15) is 18.0 Å². The van der Waals surface area contributed by atoms with Crippen LogP contribution < -0.4 is 15.9 Å². The van der Waals surface area contributed by atoms with E-state index in [-0.39, 0.29) is 23.6 Å². The third kappa shape index (κ3) is 4.94. The van der Waals surface area contributed by atoms with Crippen LogP contribution in [0.25, 0.3) is 21.3 Å². The molecule has 6 nitrogen and oxygen atoms in total. The first-order valence-electron chi connectivity index (χ1n) is 12.6. The number of pyridine rings is 1. The second-order valence-electron chi connectivity index (χ2n) is 10.1. The molecular weight excluding hydrogens is 567 g/mol. The highest BCUT2D eigenvalue weighted by molar-refractivity contribution is 7.99. The average Bonchev–Trinajstić information content (AvgIpc) is 3.20. The highest BCUT2D eigenvalue weighted by Gasteiger charge is 2.39. The van der Waals surface area contributed by atoms with E-state index in [0.29, 0.717) is 56.9 Å². The van der Waals surface area contributed by atoms with Crippen molar-refractivity contribution in [3.8, 4) is 10.4 Å². The van der Waals surface area contributed by atoms with E-state index in [1.165, 1.54) is 29.2 Å². The van der Waals surface area contributed by atoms with Crippen molar-refractivity contribution in [2.75, 3.05) is 23.7 Å². The summed E-state index contributed by atoms with van der Waals surface area (Å²) in [5.74, 6) is 0.638. The van der Waals surface area contributed by atoms with Crippen LogP contribution in [0.5, 0.6) is 0 Å². The van der Waals surface area contributed by atoms with E-state index in [2.05, 4.69) is 15.3 Å². The van der Waals surface area contributed by atoms with E-state index in [0.717, 1.165) is 5.56 Å². The van der Waals surface area contributed by atoms with Gasteiger partial charge in [0.25, 0.3) is 0 Å². The first-order chi connectivity index (χ1) is 18.6. The standard InChI is InChI=1S/C27H25ClF3N5OS2/c1-14-9-35(10-15(2)33-14)25-19-7-20(27(29,30)31)22(21-6-18(28)13-38-21)24-23(19)36(26(37)34-25)11-17(12-39-24)16-4-3-5-32-8-16/h3-8,13-15,17,33H,9-12H2,1-2H3/t14-,15+,17-/m0/s1. The average molecular weight is 592 g/mol. The zero-order chi connectivity index (χ0) is 27.5. The number of hydrogen-bond acceptors (Lipinski definition) is 7. The number of anilines is 1. The van der Waals surface area contributed by atoms with E-state index in [1.54, 1.807) is 28.4 Å². The number of nitrogens with zero attached hydrogens (tertiary/aromatic N) is 4. The van der Waals surface area contributed by atoms with Gasteiger partial charge in [0.15, 0.2) is 0 Å². The number of thioether (sulfide) groups is 1. The van der Waals surface area contributed by atoms with Gasteiger partial charge in [-0.15, -0.1) is 23.1 Å². The van der Waals surface area contributed by atoms with E-state index in [4.69, 9.17) is 11.6 Å². The van der Waals surface area contributed by atoms with Gasteiger partial charge < -0.3 is 10.2 Å². The van der Waals surface area contributed by atoms with Gasteiger partial charge in [-0.25, -0.2) is 4.79 Å². The number of nitrogens with one attached hydrogen (secondary N) is 1. The molecule has 0 amide bonds. The molecule has 0 aliphatic carbocycles. The monoisotopic (exact) mass is 591 g/mol. The molecule has 204 valence electrons. The van der Waals surface area contributed by atoms with Crippen molar-refractivity contribution in [1.29, 1.82) is 0 Å². The maximum atomic E-state index is 14.8. The van der Waals surface area contributed by atoms with Crippen molar-refractivity contribution in [2.24, 2.45) is 0 Å². The second kappa shape index (κ2) is 10.1. The third-order valence-electron chi connectivity index (χ3n) is 7.16. The van der Waals surface area contributed by atoms with Crippen molar-refractivity contribution in [3.05, 3.63) is 68.7 Å². The summed E-state index contributed by atoms with van der Waals surface area (Å²) in [6.45, 7) is 5.37. The van der Waals surface area contributed by atoms with Gasteiger partial charge in [-0.3, -0.25) is 9.55 Å². The van der Waals surface area contributed by atoms with Crippen LogP contribution in [-0.4, -0.2) is 45.5 Å². The van der Waals surface area contributed by atoms with Crippen molar-refractivity contribution < 1.29 is 13.2 Å². The number of benzene rings is 1. The number of thiophene rings is 1. The van der Waals surface area contributed by atoms with Gasteiger partial charge in [-0.2, -0.15) is 18.2 Å². The molecule has 1 saturated heterocycles. The van der Waals surface area contributed by atoms with Gasteiger partial charge in [-0.05, 0) is 37.6 Å². The minimum absolute atomic E-state index is 0.0658. The minimum Gasteiger partial charge on any atom is -0.353 e. The first-order valence-corrected chi connectivity index (χ1v) is 14.8. The topological polar surface area (TPSA) is 63.1 Å². The van der Waals surface area contributed by atoms with Crippen LogP contribution >= 0.6 is 34.7 Å². The molecule has 39 heavy (non-hydrogen) atoms. The predicted molar refractivity (Wildman–Crippen MR) is 151 cm³/mol. The molecule has 2 aliphatic heterocycles. The third-order valence-corrected chi connectivity index (χ3v) is 9.71. The highest BCUT2D eigenvalue weighted by Crippen LogP contribution is 2.50. The minimum atomic E-state index is -4.63. The molecule has 0 spiro atoms. The van der Waals surface area contributed by atoms with Crippen molar-refractivity contribution in [3.63, 3.8) is 0 Å². The van der Waals surface area contributed by atoms with Crippen LogP contribution in [-0.2, 0) is 12.7 Å². The summed E-state index contributed by atoms with van der Waals surface area (Å²) in [6, 6.07) is 6.67. The molecule has 12 heteroatoms. The largest absolute Gasteiger partial charge is 0.417 e. The second-order valence-corrected chi connectivity index (χ2v) is 12.5. The Morgan fingerprint density at radius 2 is 1.92 bits per heavy atom. The van der Waals surface area contributed by atoms with Gasteiger partial charge in [-0.1, -0.05) is 17.7 Å². The number of aromatic nitrogens is 3. The molecule has 1 N–H and O–H groups in total. The maximum Gasteiger partial charge on any atom is 0.417 e. The SMILES string of the molecule is C[C@@H]1CN(c2nc(=O)n3c4c(c(-c5cc(Cl)cs5)c(C(F)(F)F)cc24)SC[C@@H](c2cccnc2)C3)C[C@H](C)N1. The van der Waals surface area contributed by atoms with Gasteiger partial charge >= 0.3 is 11.9 Å². The Balaban J connectivity index is 1.67. The Hall–Kier alpha value is -2.60. The normalized spacial score (nSPS) is 21.8. The molecule has 1 fully saturated rings. The van der Waals surface area contributed by atoms with Gasteiger partial charge in [0.05, 0.1) is 16.1 Å². The fourth-order valence-electron chi connectivity index (χ4n) is 5.63. The maximum absolute atomic E-state index is 14.8. The fraction of sp³-hybridized carbons (Fsp3) is 0.370. The van der Waals surface area contributed by atoms with Crippen LogP contribution in [0, 0.1) is 0 Å². The number of hydrogen-bond donors (Lipinski definition) is 1. The summed E-state index contributed by atoms with van der Waals surface area (Å²) < 4.78 is 45.9. The molecule has 0 bridgehead atoms. The zero-order valence-corrected chi connectivity index (χ0v) is 23.5. The Kier molecular flexibility index (Phi) is 6.89. The Morgan fingerprint density at radius 1 is 1.15 bits per heavy atom. The van der Waals surface area contributed by atoms with E-state index < -0.39 is 17.4 Å². The molecule has 0 radical (unpaired) electrons. The van der Waals surface area contributed by atoms with Crippen LogP contribution in [0.4, 0.5) is 19.0 Å². The molecule has 1 aromatic carbocycles. The number of rotatable bonds is 3. The molecule has 6 rings (SSSR count). The number of piperazine rings is 1. The molecule has 0 unspecified atom stereocenters. The van der Waals surface area contributed by atoms with Gasteiger partial charge in [0.1, 0.15) is 5.82 Å². The van der Waals surface area contributed by atoms with Crippen LogP contribution in [0.2, 0.25) is 5.02 Å². The van der Waals surface area contributed by atoms with Crippen LogP contribution in [0.15, 0.2) is 51.7 Å². The van der Waals surface area contributed by atoms with Gasteiger partial charge in [0, 0.05) is 81.9 Å². The Bertz CT molecular complexity index is 1600. The summed E-state index contributed by atoms with van der Waals surface area (Å²) >= 11 is 8.70. The summed E-state index contributed by atoms with van der Waals surface area (Å²) in [5, 5.41) is 5.77. The lowest BCUT2D eigenvalue weighted by Gasteiger charge is -2.37. The molecule has 3 aromatic heterocycles. The van der Waals surface area contributed by atoms with Crippen molar-refractivity contribution in [1.82, 2.24) is 19.9 Å². The molecule has 0 saturated carbocycles. The van der Waals surface area contributed by atoms with Crippen molar-refractivity contribution >= 4 is 51.4 Å². The van der Waals surface area contributed by atoms with Crippen LogP contribution in [0.1, 0.15) is 30.9 Å². The van der Waals surface area contributed by atoms with E-state index >= 15 is 0 Å². The molecule has 2 aliphatic rings. The smallest absolute Gasteiger partial charge is 0.353 e. The lowest BCUT2D eigenvalue weighted by atomic mass is 10.00. The Labute approximate surface area is 236 Å². The molecule has 5 heterocycles. The summed E-state index contributed by atoms with van der Waals surface area (Å²) in [4.78, 5) is 25.1. The van der Waals surface area contributed by atoms with Crippen molar-refractivity contribution in [2.45, 2.75) is 49.5 Å². The zero-order valence-electron chi connectivity index (χ0n) is 21.1. The fourth-order valence-corrected chi connectivity index (χ4v) is 8.22. The summed E-state index contributed by atoms with van der Waals surface area (Å²) in [5.41, 5.74) is 0.261.